The second kappa shape index (κ2) is 7.47. The number of hydrogen-bond donors (Lipinski definition) is 0. The summed E-state index contributed by atoms with van der Waals surface area (Å²) in [6, 6.07) is 7.76. The lowest BCUT2D eigenvalue weighted by Gasteiger charge is -2.43. The molecule has 0 N–H and O–H groups in total. The van der Waals surface area contributed by atoms with Gasteiger partial charge in [0.25, 0.3) is 0 Å². The van der Waals surface area contributed by atoms with Crippen LogP contribution in [0.3, 0.4) is 0 Å². The van der Waals surface area contributed by atoms with Crippen LogP contribution < -0.4 is 4.74 Å². The van der Waals surface area contributed by atoms with E-state index in [1.165, 1.54) is 12.8 Å². The van der Waals surface area contributed by atoms with Gasteiger partial charge < -0.3 is 14.5 Å². The van der Waals surface area contributed by atoms with Crippen LogP contribution in [-0.4, -0.2) is 53.4 Å². The number of para-hydroxylation sites is 1. The highest BCUT2D eigenvalue weighted by atomic mass is 35.5. The van der Waals surface area contributed by atoms with Gasteiger partial charge in [-0.1, -0.05) is 36.6 Å². The molecule has 26 heavy (non-hydrogen) atoms. The quantitative estimate of drug-likeness (QED) is 0.811. The van der Waals surface area contributed by atoms with Gasteiger partial charge in [0, 0.05) is 19.0 Å². The lowest BCUT2D eigenvalue weighted by Crippen LogP contribution is -2.59. The molecule has 1 atom stereocenters. The van der Waals surface area contributed by atoms with Crippen molar-refractivity contribution in [1.29, 1.82) is 0 Å². The van der Waals surface area contributed by atoms with Crippen LogP contribution in [0.15, 0.2) is 24.3 Å². The predicted octanol–water partition coefficient (Wildman–Crippen LogP) is 3.11. The van der Waals surface area contributed by atoms with Gasteiger partial charge in [-0.15, -0.1) is 0 Å². The van der Waals surface area contributed by atoms with Gasteiger partial charge in [0.1, 0.15) is 11.9 Å². The molecule has 2 saturated heterocycles. The van der Waals surface area contributed by atoms with Gasteiger partial charge in [-0.25, -0.2) is 0 Å². The van der Waals surface area contributed by atoms with E-state index in [0.717, 1.165) is 12.8 Å². The highest BCUT2D eigenvalue weighted by molar-refractivity contribution is 6.32. The first kappa shape index (κ1) is 17.7. The molecule has 2 amide bonds. The SMILES string of the molecule is O=C([C@@H]1CCC(=O)N(C2CCCC2)C1)N1CC(Oc2ccccc2Cl)C1. The summed E-state index contributed by atoms with van der Waals surface area (Å²) in [5.41, 5.74) is 0. The summed E-state index contributed by atoms with van der Waals surface area (Å²) >= 11 is 6.12. The van der Waals surface area contributed by atoms with Crippen molar-refractivity contribution < 1.29 is 14.3 Å². The molecule has 1 saturated carbocycles. The van der Waals surface area contributed by atoms with E-state index in [1.54, 1.807) is 6.07 Å². The molecule has 4 rings (SSSR count). The van der Waals surface area contributed by atoms with Gasteiger partial charge in [-0.2, -0.15) is 0 Å². The van der Waals surface area contributed by atoms with Crippen LogP contribution in [-0.2, 0) is 9.59 Å². The van der Waals surface area contributed by atoms with Crippen molar-refractivity contribution in [3.8, 4) is 5.75 Å². The largest absolute Gasteiger partial charge is 0.485 e. The maximum Gasteiger partial charge on any atom is 0.227 e. The Balaban J connectivity index is 1.30. The minimum absolute atomic E-state index is 0.00462. The van der Waals surface area contributed by atoms with Gasteiger partial charge in [-0.3, -0.25) is 9.59 Å². The molecule has 5 nitrogen and oxygen atoms in total. The van der Waals surface area contributed by atoms with Crippen LogP contribution in [0, 0.1) is 5.92 Å². The number of likely N-dealkylation sites (tertiary alicyclic amines) is 2. The van der Waals surface area contributed by atoms with Crippen LogP contribution in [0.5, 0.6) is 5.75 Å². The fourth-order valence-corrected chi connectivity index (χ4v) is 4.49. The van der Waals surface area contributed by atoms with Crippen molar-refractivity contribution in [1.82, 2.24) is 9.80 Å². The smallest absolute Gasteiger partial charge is 0.227 e. The third-order valence-electron chi connectivity index (χ3n) is 5.85. The summed E-state index contributed by atoms with van der Waals surface area (Å²) in [5, 5.41) is 0.593. The van der Waals surface area contributed by atoms with Gasteiger partial charge in [0.2, 0.25) is 11.8 Å². The Morgan fingerprint density at radius 3 is 2.54 bits per heavy atom. The monoisotopic (exact) mass is 376 g/mol. The van der Waals surface area contributed by atoms with E-state index in [2.05, 4.69) is 0 Å². The van der Waals surface area contributed by atoms with Gasteiger partial charge in [0.15, 0.2) is 0 Å². The summed E-state index contributed by atoms with van der Waals surface area (Å²) < 4.78 is 5.88. The molecule has 2 heterocycles. The first-order valence-corrected chi connectivity index (χ1v) is 9.99. The summed E-state index contributed by atoms with van der Waals surface area (Å²) in [6.07, 6.45) is 5.73. The highest BCUT2D eigenvalue weighted by Crippen LogP contribution is 2.31. The lowest BCUT2D eigenvalue weighted by atomic mass is 9.93. The molecule has 1 aliphatic carbocycles. The molecule has 1 aromatic rings. The fraction of sp³-hybridized carbons (Fsp3) is 0.600. The van der Waals surface area contributed by atoms with Crippen molar-refractivity contribution in [2.45, 2.75) is 50.7 Å². The molecular weight excluding hydrogens is 352 g/mol. The van der Waals surface area contributed by atoms with E-state index in [1.807, 2.05) is 28.0 Å². The van der Waals surface area contributed by atoms with E-state index in [0.29, 0.717) is 49.3 Å². The molecule has 140 valence electrons. The molecule has 6 heteroatoms. The van der Waals surface area contributed by atoms with E-state index < -0.39 is 0 Å². The number of hydrogen-bond acceptors (Lipinski definition) is 3. The number of benzene rings is 1. The lowest BCUT2D eigenvalue weighted by molar-refractivity contribution is -0.150. The average Bonchev–Trinajstić information content (AvgIpc) is 3.13. The normalized spacial score (nSPS) is 24.7. The number of nitrogens with zero attached hydrogens (tertiary/aromatic N) is 2. The Hall–Kier alpha value is -1.75. The topological polar surface area (TPSA) is 49.9 Å². The highest BCUT2D eigenvalue weighted by Gasteiger charge is 2.40. The number of amides is 2. The summed E-state index contributed by atoms with van der Waals surface area (Å²) in [7, 11) is 0. The first-order chi connectivity index (χ1) is 12.6. The summed E-state index contributed by atoms with van der Waals surface area (Å²) in [4.78, 5) is 28.9. The number of carbonyl (C=O) groups excluding carboxylic acids is 2. The number of piperidine rings is 1. The van der Waals surface area contributed by atoms with Gasteiger partial charge >= 0.3 is 0 Å². The minimum atomic E-state index is -0.0606. The predicted molar refractivity (Wildman–Crippen MR) is 99.1 cm³/mol. The number of carbonyl (C=O) groups is 2. The molecular formula is C20H25ClN2O3. The van der Waals surface area contributed by atoms with Crippen molar-refractivity contribution in [3.63, 3.8) is 0 Å². The maximum atomic E-state index is 12.8. The third kappa shape index (κ3) is 3.54. The van der Waals surface area contributed by atoms with E-state index in [9.17, 15) is 9.59 Å². The molecule has 0 spiro atoms. The Kier molecular flexibility index (Phi) is 5.07. The zero-order valence-corrected chi connectivity index (χ0v) is 15.7. The number of rotatable bonds is 4. The molecule has 3 fully saturated rings. The molecule has 2 aliphatic heterocycles. The first-order valence-electron chi connectivity index (χ1n) is 9.61. The number of ether oxygens (including phenoxy) is 1. The van der Waals surface area contributed by atoms with Crippen LogP contribution in [0.4, 0.5) is 0 Å². The number of halogens is 1. The van der Waals surface area contributed by atoms with Crippen LogP contribution in [0.1, 0.15) is 38.5 Å². The summed E-state index contributed by atoms with van der Waals surface area (Å²) in [6.45, 7) is 1.78. The van der Waals surface area contributed by atoms with Crippen molar-refractivity contribution >= 4 is 23.4 Å². The Morgan fingerprint density at radius 2 is 1.81 bits per heavy atom. The van der Waals surface area contributed by atoms with Gasteiger partial charge in [-0.05, 0) is 31.4 Å². The molecule has 3 aliphatic rings. The molecule has 1 aromatic carbocycles. The zero-order valence-electron chi connectivity index (χ0n) is 14.9. The van der Waals surface area contributed by atoms with Crippen LogP contribution in [0.25, 0.3) is 0 Å². The van der Waals surface area contributed by atoms with E-state index >= 15 is 0 Å². The van der Waals surface area contributed by atoms with Crippen LogP contribution in [0.2, 0.25) is 5.02 Å². The summed E-state index contributed by atoms with van der Waals surface area (Å²) in [5.74, 6) is 1.00. The second-order valence-electron chi connectivity index (χ2n) is 7.63. The van der Waals surface area contributed by atoms with Gasteiger partial charge in [0.05, 0.1) is 24.0 Å². The van der Waals surface area contributed by atoms with Crippen molar-refractivity contribution in [2.75, 3.05) is 19.6 Å². The minimum Gasteiger partial charge on any atom is -0.485 e. The zero-order chi connectivity index (χ0) is 18.1. The van der Waals surface area contributed by atoms with Crippen molar-refractivity contribution in [3.05, 3.63) is 29.3 Å². The Bertz CT molecular complexity index is 683. The molecule has 0 radical (unpaired) electrons. The molecule has 0 unspecified atom stereocenters. The Morgan fingerprint density at radius 1 is 1.08 bits per heavy atom. The Labute approximate surface area is 159 Å². The van der Waals surface area contributed by atoms with Crippen molar-refractivity contribution in [2.24, 2.45) is 5.92 Å². The van der Waals surface area contributed by atoms with Crippen LogP contribution >= 0.6 is 11.6 Å². The average molecular weight is 377 g/mol. The second-order valence-corrected chi connectivity index (χ2v) is 8.04. The molecule has 0 aromatic heterocycles. The van der Waals surface area contributed by atoms with E-state index in [4.69, 9.17) is 16.3 Å². The van der Waals surface area contributed by atoms with E-state index in [-0.39, 0.29) is 23.8 Å². The standard InChI is InChI=1S/C20H25ClN2O3/c21-17-7-3-4-8-18(17)26-16-12-22(13-16)20(25)14-9-10-19(24)23(11-14)15-5-1-2-6-15/h3-4,7-8,14-16H,1-2,5-6,9-13H2/t14-/m1/s1. The third-order valence-corrected chi connectivity index (χ3v) is 6.16. The fourth-order valence-electron chi connectivity index (χ4n) is 4.31. The molecule has 0 bridgehead atoms. The maximum absolute atomic E-state index is 12.8.